The maximum Gasteiger partial charge on any atom is 0.338 e. The van der Waals surface area contributed by atoms with E-state index in [9.17, 15) is 23.2 Å². The van der Waals surface area contributed by atoms with Gasteiger partial charge in [-0.3, -0.25) is 9.88 Å². The van der Waals surface area contributed by atoms with Crippen molar-refractivity contribution in [1.82, 2.24) is 25.4 Å². The summed E-state index contributed by atoms with van der Waals surface area (Å²) in [5.41, 5.74) is 1.12. The highest BCUT2D eigenvalue weighted by atomic mass is 19.2. The number of aromatic nitrogens is 1. The van der Waals surface area contributed by atoms with Crippen LogP contribution in [0.1, 0.15) is 55.3 Å². The predicted molar refractivity (Wildman–Crippen MR) is 148 cm³/mol. The second-order valence-corrected chi connectivity index (χ2v) is 10.9. The third-order valence-electron chi connectivity index (χ3n) is 8.37. The topological polar surface area (TPSA) is 113 Å². The van der Waals surface area contributed by atoms with Crippen LogP contribution in [0.4, 0.5) is 18.4 Å². The zero-order valence-electron chi connectivity index (χ0n) is 23.6. The van der Waals surface area contributed by atoms with E-state index < -0.39 is 35.7 Å². The highest BCUT2D eigenvalue weighted by molar-refractivity contribution is 6.01. The molecule has 2 fully saturated rings. The van der Waals surface area contributed by atoms with Crippen molar-refractivity contribution in [2.75, 3.05) is 33.9 Å². The number of nitrogens with zero attached hydrogens (tertiary/aromatic N) is 3. The molecular formula is C30H35F2N5O5. The van der Waals surface area contributed by atoms with Crippen LogP contribution in [-0.4, -0.2) is 78.8 Å². The molecule has 1 aromatic heterocycles. The summed E-state index contributed by atoms with van der Waals surface area (Å²) in [4.78, 5) is 47.6. The van der Waals surface area contributed by atoms with Crippen LogP contribution in [0.2, 0.25) is 0 Å². The molecule has 12 heteroatoms. The van der Waals surface area contributed by atoms with Crippen molar-refractivity contribution in [2.24, 2.45) is 0 Å². The first-order chi connectivity index (χ1) is 20.3. The van der Waals surface area contributed by atoms with E-state index in [0.717, 1.165) is 62.1 Å². The number of rotatable bonds is 7. The van der Waals surface area contributed by atoms with Gasteiger partial charge in [-0.25, -0.2) is 28.1 Å². The number of methoxy groups -OCH3 is 2. The molecule has 5 rings (SSSR count). The first-order valence-electron chi connectivity index (χ1n) is 14.1. The molecule has 1 aliphatic carbocycles. The van der Waals surface area contributed by atoms with Crippen molar-refractivity contribution in [1.29, 1.82) is 0 Å². The number of likely N-dealkylation sites (tertiary alicyclic amines) is 1. The van der Waals surface area contributed by atoms with Crippen molar-refractivity contribution < 1.29 is 32.6 Å². The Morgan fingerprint density at radius 3 is 2.52 bits per heavy atom. The normalized spacial score (nSPS) is 24.9. The van der Waals surface area contributed by atoms with Gasteiger partial charge >= 0.3 is 18.0 Å². The third-order valence-corrected chi connectivity index (χ3v) is 8.37. The van der Waals surface area contributed by atoms with Crippen molar-refractivity contribution in [3.63, 3.8) is 0 Å². The van der Waals surface area contributed by atoms with E-state index in [0.29, 0.717) is 24.9 Å². The molecule has 0 spiro atoms. The molecule has 1 saturated carbocycles. The molecule has 4 amide bonds. The van der Waals surface area contributed by atoms with Gasteiger partial charge in [-0.05, 0) is 61.9 Å². The van der Waals surface area contributed by atoms with Crippen LogP contribution >= 0.6 is 0 Å². The van der Waals surface area contributed by atoms with Gasteiger partial charge in [-0.2, -0.15) is 0 Å². The predicted octanol–water partition coefficient (Wildman–Crippen LogP) is 4.01. The summed E-state index contributed by atoms with van der Waals surface area (Å²) < 4.78 is 38.2. The summed E-state index contributed by atoms with van der Waals surface area (Å²) in [7, 11) is 2.52. The highest BCUT2D eigenvalue weighted by Gasteiger charge is 2.44. The second-order valence-electron chi connectivity index (χ2n) is 10.9. The summed E-state index contributed by atoms with van der Waals surface area (Å²) >= 11 is 0. The van der Waals surface area contributed by atoms with Gasteiger partial charge < -0.3 is 20.1 Å². The maximum atomic E-state index is 14.3. The number of pyridine rings is 1. The van der Waals surface area contributed by atoms with E-state index in [1.807, 2.05) is 18.3 Å². The highest BCUT2D eigenvalue weighted by Crippen LogP contribution is 2.37. The Labute approximate surface area is 243 Å². The van der Waals surface area contributed by atoms with E-state index in [4.69, 9.17) is 9.47 Å². The molecule has 0 radical (unpaired) electrons. The number of hydrogen-bond acceptors (Lipinski definition) is 7. The largest absolute Gasteiger partial charge is 0.466 e. The summed E-state index contributed by atoms with van der Waals surface area (Å²) in [6.45, 7) is 1.24. The van der Waals surface area contributed by atoms with Gasteiger partial charge in [-0.15, -0.1) is 0 Å². The minimum Gasteiger partial charge on any atom is -0.466 e. The Hall–Kier alpha value is -3.90. The molecule has 42 heavy (non-hydrogen) atoms. The van der Waals surface area contributed by atoms with E-state index >= 15 is 0 Å². The molecule has 2 aliphatic heterocycles. The molecule has 3 aliphatic rings. The van der Waals surface area contributed by atoms with Gasteiger partial charge in [0.2, 0.25) is 0 Å². The smallest absolute Gasteiger partial charge is 0.338 e. The molecule has 3 heterocycles. The number of carbonyl (C=O) groups excluding carboxylic acids is 3. The molecule has 1 unspecified atom stereocenters. The number of amides is 4. The summed E-state index contributed by atoms with van der Waals surface area (Å²) in [5, 5.41) is 5.47. The lowest BCUT2D eigenvalue weighted by molar-refractivity contribution is -0.137. The zero-order valence-corrected chi connectivity index (χ0v) is 23.6. The average Bonchev–Trinajstić information content (AvgIpc) is 3.47. The lowest BCUT2D eigenvalue weighted by atomic mass is 9.83. The van der Waals surface area contributed by atoms with E-state index in [2.05, 4.69) is 26.6 Å². The van der Waals surface area contributed by atoms with Gasteiger partial charge in [-0.1, -0.05) is 12.1 Å². The zero-order chi connectivity index (χ0) is 29.8. The van der Waals surface area contributed by atoms with Crippen LogP contribution in [0.15, 0.2) is 53.9 Å². The van der Waals surface area contributed by atoms with Crippen LogP contribution in [0.25, 0.3) is 0 Å². The Kier molecular flexibility index (Phi) is 9.12. The molecular weight excluding hydrogens is 548 g/mol. The van der Waals surface area contributed by atoms with Crippen LogP contribution in [0.5, 0.6) is 0 Å². The number of hydrogen-bond donors (Lipinski definition) is 2. The Balaban J connectivity index is 1.31. The van der Waals surface area contributed by atoms with Crippen molar-refractivity contribution in [3.8, 4) is 0 Å². The Morgan fingerprint density at radius 2 is 1.86 bits per heavy atom. The summed E-state index contributed by atoms with van der Waals surface area (Å²) in [5.74, 6) is -2.68. The molecule has 0 bridgehead atoms. The molecule has 2 N–H and O–H groups in total. The number of ether oxygens (including phenoxy) is 2. The van der Waals surface area contributed by atoms with Crippen molar-refractivity contribution in [2.45, 2.75) is 56.1 Å². The molecule has 2 aromatic rings. The quantitative estimate of drug-likeness (QED) is 0.474. The first-order valence-corrected chi connectivity index (χ1v) is 14.1. The fourth-order valence-electron chi connectivity index (χ4n) is 6.31. The number of nitrogens with one attached hydrogen (secondary N) is 2. The van der Waals surface area contributed by atoms with Crippen LogP contribution in [0, 0.1) is 11.6 Å². The molecule has 10 nitrogen and oxygen atoms in total. The monoisotopic (exact) mass is 583 g/mol. The minimum absolute atomic E-state index is 0.0330. The van der Waals surface area contributed by atoms with Gasteiger partial charge in [0.1, 0.15) is 6.04 Å². The number of imide groups is 1. The maximum absolute atomic E-state index is 14.3. The standard InChI is InChI=1S/C30H35F2N5O5/c1-41-17-25-26(28(38)42-2)27(19-8-11-22(31)23(32)15-19)37(30(40)35-25)29(39)34-20-12-14-36(16-20)21-9-6-18(7-10-21)24-5-3-4-13-33-24/h3-5,8,11,13,15,18,20-21,27H,6-7,9-10,12,14,16-17H2,1-2H3,(H,34,39)(H,35,40)/t18?,20?,21?,27-/m0/s1. The van der Waals surface area contributed by atoms with Crippen LogP contribution in [-0.2, 0) is 14.3 Å². The minimum atomic E-state index is -1.37. The van der Waals surface area contributed by atoms with Crippen LogP contribution < -0.4 is 10.6 Å². The first kappa shape index (κ1) is 29.6. The van der Waals surface area contributed by atoms with Crippen LogP contribution in [0.3, 0.4) is 0 Å². The van der Waals surface area contributed by atoms with E-state index in [-0.39, 0.29) is 29.5 Å². The molecule has 1 aromatic carbocycles. The number of halogens is 2. The number of urea groups is 2. The van der Waals surface area contributed by atoms with Crippen molar-refractivity contribution in [3.05, 3.63) is 76.8 Å². The van der Waals surface area contributed by atoms with Gasteiger partial charge in [0, 0.05) is 50.1 Å². The lowest BCUT2D eigenvalue weighted by Gasteiger charge is -2.37. The summed E-state index contributed by atoms with van der Waals surface area (Å²) in [6, 6.07) is 6.20. The Bertz CT molecular complexity index is 1350. The SMILES string of the molecule is COCC1=C(C(=O)OC)[C@H](c2ccc(F)c(F)c2)N(C(=O)NC2CCN(C3CCC(c4ccccn4)CC3)C2)C(=O)N1. The van der Waals surface area contributed by atoms with Gasteiger partial charge in [0.05, 0.1) is 25.0 Å². The molecule has 1 saturated heterocycles. The third kappa shape index (κ3) is 6.14. The van der Waals surface area contributed by atoms with Gasteiger partial charge in [0.15, 0.2) is 11.6 Å². The number of esters is 1. The fourth-order valence-corrected chi connectivity index (χ4v) is 6.31. The second kappa shape index (κ2) is 13.0. The lowest BCUT2D eigenvalue weighted by Crippen LogP contribution is -2.56. The number of carbonyl (C=O) groups is 3. The fraction of sp³-hybridized carbons (Fsp3) is 0.467. The Morgan fingerprint density at radius 1 is 1.07 bits per heavy atom. The van der Waals surface area contributed by atoms with Crippen molar-refractivity contribution >= 4 is 18.0 Å². The number of benzene rings is 1. The molecule has 224 valence electrons. The average molecular weight is 584 g/mol. The summed E-state index contributed by atoms with van der Waals surface area (Å²) in [6.07, 6.45) is 6.68. The van der Waals surface area contributed by atoms with E-state index in [1.54, 1.807) is 0 Å². The molecule has 2 atom stereocenters. The van der Waals surface area contributed by atoms with Gasteiger partial charge in [0.25, 0.3) is 0 Å². The van der Waals surface area contributed by atoms with E-state index in [1.165, 1.54) is 13.2 Å².